The van der Waals surface area contributed by atoms with Crippen LogP contribution < -0.4 is 5.32 Å². The van der Waals surface area contributed by atoms with Gasteiger partial charge >= 0.3 is 0 Å². The number of nitrogens with zero attached hydrogens (tertiary/aromatic N) is 1. The number of aryl methyl sites for hydroxylation is 2. The molecule has 1 aromatic heterocycles. The molecule has 3 nitrogen and oxygen atoms in total. The Hall–Kier alpha value is -2.01. The van der Waals surface area contributed by atoms with Crippen molar-refractivity contribution in [3.63, 3.8) is 0 Å². The molecule has 21 heavy (non-hydrogen) atoms. The lowest BCUT2D eigenvalue weighted by Gasteiger charge is -2.06. The van der Waals surface area contributed by atoms with Gasteiger partial charge in [-0.25, -0.2) is 9.37 Å². The SMILES string of the molecule is O=C(/C=C/c1cccc(F)c1)Nc1nc2c(s1)CCCC2. The van der Waals surface area contributed by atoms with Crippen LogP contribution in [0.2, 0.25) is 0 Å². The van der Waals surface area contributed by atoms with E-state index in [2.05, 4.69) is 10.3 Å². The number of nitrogens with one attached hydrogen (secondary N) is 1. The fraction of sp³-hybridized carbons (Fsp3) is 0.250. The third-order valence-electron chi connectivity index (χ3n) is 3.35. The maximum Gasteiger partial charge on any atom is 0.250 e. The third-order valence-corrected chi connectivity index (χ3v) is 4.42. The molecule has 1 aliphatic carbocycles. The lowest BCUT2D eigenvalue weighted by molar-refractivity contribution is -0.111. The summed E-state index contributed by atoms with van der Waals surface area (Å²) in [5, 5.41) is 3.42. The number of anilines is 1. The Morgan fingerprint density at radius 3 is 3.00 bits per heavy atom. The van der Waals surface area contributed by atoms with Crippen LogP contribution in [-0.4, -0.2) is 10.9 Å². The summed E-state index contributed by atoms with van der Waals surface area (Å²) in [4.78, 5) is 17.6. The van der Waals surface area contributed by atoms with Crippen molar-refractivity contribution in [1.29, 1.82) is 0 Å². The molecule has 0 saturated heterocycles. The van der Waals surface area contributed by atoms with Gasteiger partial charge in [0.25, 0.3) is 0 Å². The topological polar surface area (TPSA) is 42.0 Å². The van der Waals surface area contributed by atoms with Gasteiger partial charge in [0.15, 0.2) is 5.13 Å². The van der Waals surface area contributed by atoms with E-state index in [4.69, 9.17) is 0 Å². The Kier molecular flexibility index (Phi) is 4.10. The fourth-order valence-corrected chi connectivity index (χ4v) is 3.39. The minimum Gasteiger partial charge on any atom is -0.298 e. The maximum absolute atomic E-state index is 13.0. The molecule has 0 fully saturated rings. The molecule has 1 heterocycles. The average molecular weight is 302 g/mol. The monoisotopic (exact) mass is 302 g/mol. The lowest BCUT2D eigenvalue weighted by atomic mass is 10.0. The van der Waals surface area contributed by atoms with E-state index in [1.54, 1.807) is 29.5 Å². The smallest absolute Gasteiger partial charge is 0.250 e. The zero-order chi connectivity index (χ0) is 14.7. The van der Waals surface area contributed by atoms with Crippen molar-refractivity contribution in [2.75, 3.05) is 5.32 Å². The summed E-state index contributed by atoms with van der Waals surface area (Å²) < 4.78 is 13.0. The van der Waals surface area contributed by atoms with Crippen LogP contribution in [0, 0.1) is 5.82 Å². The van der Waals surface area contributed by atoms with Gasteiger partial charge in [0.05, 0.1) is 5.69 Å². The minimum absolute atomic E-state index is 0.245. The number of thiazole rings is 1. The van der Waals surface area contributed by atoms with Crippen LogP contribution in [0.4, 0.5) is 9.52 Å². The second-order valence-corrected chi connectivity index (χ2v) is 6.06. The quantitative estimate of drug-likeness (QED) is 0.876. The van der Waals surface area contributed by atoms with Crippen molar-refractivity contribution in [2.45, 2.75) is 25.7 Å². The number of carbonyl (C=O) groups is 1. The Bertz CT molecular complexity index is 670. The summed E-state index contributed by atoms with van der Waals surface area (Å²) in [6.45, 7) is 0. The normalized spacial score (nSPS) is 14.1. The van der Waals surface area contributed by atoms with Crippen LogP contribution >= 0.6 is 11.3 Å². The van der Waals surface area contributed by atoms with Gasteiger partial charge in [-0.2, -0.15) is 0 Å². The van der Waals surface area contributed by atoms with E-state index in [1.165, 1.54) is 35.9 Å². The Labute approximate surface area is 126 Å². The molecule has 1 aliphatic rings. The van der Waals surface area contributed by atoms with E-state index in [0.29, 0.717) is 10.7 Å². The van der Waals surface area contributed by atoms with Gasteiger partial charge in [0.2, 0.25) is 5.91 Å². The highest BCUT2D eigenvalue weighted by molar-refractivity contribution is 7.15. The van der Waals surface area contributed by atoms with E-state index >= 15 is 0 Å². The molecule has 0 unspecified atom stereocenters. The molecule has 0 radical (unpaired) electrons. The number of carbonyl (C=O) groups excluding carboxylic acids is 1. The zero-order valence-corrected chi connectivity index (χ0v) is 12.3. The van der Waals surface area contributed by atoms with E-state index in [9.17, 15) is 9.18 Å². The van der Waals surface area contributed by atoms with Crippen LogP contribution in [0.3, 0.4) is 0 Å². The number of benzene rings is 1. The van der Waals surface area contributed by atoms with Crippen LogP contribution in [0.1, 0.15) is 29.0 Å². The number of halogens is 1. The van der Waals surface area contributed by atoms with Crippen LogP contribution in [0.15, 0.2) is 30.3 Å². The number of fused-ring (bicyclic) bond motifs is 1. The highest BCUT2D eigenvalue weighted by atomic mass is 32.1. The standard InChI is InChI=1S/C16H15FN2OS/c17-12-5-3-4-11(10-12)8-9-15(20)19-16-18-13-6-1-2-7-14(13)21-16/h3-5,8-10H,1-2,6-7H2,(H,18,19,20)/b9-8+. The molecule has 108 valence electrons. The summed E-state index contributed by atoms with van der Waals surface area (Å²) >= 11 is 1.55. The summed E-state index contributed by atoms with van der Waals surface area (Å²) in [5.74, 6) is -0.560. The predicted octanol–water partition coefficient (Wildman–Crippen LogP) is 3.81. The highest BCUT2D eigenvalue weighted by Crippen LogP contribution is 2.29. The van der Waals surface area contributed by atoms with Crippen molar-refractivity contribution < 1.29 is 9.18 Å². The number of hydrogen-bond acceptors (Lipinski definition) is 3. The molecule has 0 bridgehead atoms. The van der Waals surface area contributed by atoms with Crippen LogP contribution in [-0.2, 0) is 17.6 Å². The molecular formula is C16H15FN2OS. The zero-order valence-electron chi connectivity index (χ0n) is 11.4. The molecular weight excluding hydrogens is 287 g/mol. The maximum atomic E-state index is 13.0. The van der Waals surface area contributed by atoms with E-state index in [1.807, 2.05) is 0 Å². The summed E-state index contributed by atoms with van der Waals surface area (Å²) in [6.07, 6.45) is 7.41. The van der Waals surface area contributed by atoms with E-state index < -0.39 is 0 Å². The van der Waals surface area contributed by atoms with Crippen molar-refractivity contribution in [1.82, 2.24) is 4.98 Å². The minimum atomic E-state index is -0.315. The van der Waals surface area contributed by atoms with E-state index in [-0.39, 0.29) is 11.7 Å². The Morgan fingerprint density at radius 1 is 1.33 bits per heavy atom. The molecule has 0 spiro atoms. The molecule has 2 aromatic rings. The Balaban J connectivity index is 1.65. The van der Waals surface area contributed by atoms with Crippen LogP contribution in [0.25, 0.3) is 6.08 Å². The lowest BCUT2D eigenvalue weighted by Crippen LogP contribution is -2.07. The van der Waals surface area contributed by atoms with Crippen molar-refractivity contribution in [3.8, 4) is 0 Å². The first kappa shape index (κ1) is 13.9. The summed E-state index contributed by atoms with van der Waals surface area (Å²) in [7, 11) is 0. The number of aromatic nitrogens is 1. The first-order chi connectivity index (χ1) is 10.2. The van der Waals surface area contributed by atoms with Gasteiger partial charge in [-0.1, -0.05) is 12.1 Å². The molecule has 5 heteroatoms. The summed E-state index contributed by atoms with van der Waals surface area (Å²) in [5.41, 5.74) is 1.78. The van der Waals surface area contributed by atoms with Gasteiger partial charge in [-0.3, -0.25) is 10.1 Å². The van der Waals surface area contributed by atoms with Crippen LogP contribution in [0.5, 0.6) is 0 Å². The van der Waals surface area contributed by atoms with Gasteiger partial charge in [0.1, 0.15) is 5.82 Å². The molecule has 1 aromatic carbocycles. The van der Waals surface area contributed by atoms with Crippen molar-refractivity contribution in [2.24, 2.45) is 0 Å². The van der Waals surface area contributed by atoms with Crippen molar-refractivity contribution in [3.05, 3.63) is 52.3 Å². The molecule has 1 N–H and O–H groups in total. The third kappa shape index (κ3) is 3.55. The van der Waals surface area contributed by atoms with Gasteiger partial charge < -0.3 is 0 Å². The Morgan fingerprint density at radius 2 is 2.19 bits per heavy atom. The molecule has 0 saturated carbocycles. The second kappa shape index (κ2) is 6.18. The van der Waals surface area contributed by atoms with Gasteiger partial charge in [0, 0.05) is 11.0 Å². The average Bonchev–Trinajstić information content (AvgIpc) is 2.87. The number of amides is 1. The highest BCUT2D eigenvalue weighted by Gasteiger charge is 2.15. The molecule has 0 atom stereocenters. The number of hydrogen-bond donors (Lipinski definition) is 1. The first-order valence-corrected chi connectivity index (χ1v) is 7.75. The predicted molar refractivity (Wildman–Crippen MR) is 82.8 cm³/mol. The van der Waals surface area contributed by atoms with Gasteiger partial charge in [-0.15, -0.1) is 11.3 Å². The number of rotatable bonds is 3. The molecule has 0 aliphatic heterocycles. The first-order valence-electron chi connectivity index (χ1n) is 6.94. The second-order valence-electron chi connectivity index (χ2n) is 4.97. The van der Waals surface area contributed by atoms with E-state index in [0.717, 1.165) is 18.5 Å². The van der Waals surface area contributed by atoms with Crippen molar-refractivity contribution >= 4 is 28.5 Å². The van der Waals surface area contributed by atoms with Gasteiger partial charge in [-0.05, 0) is 49.5 Å². The fourth-order valence-electron chi connectivity index (χ4n) is 2.33. The molecule has 1 amide bonds. The molecule has 3 rings (SSSR count). The largest absolute Gasteiger partial charge is 0.298 e. The summed E-state index contributed by atoms with van der Waals surface area (Å²) in [6, 6.07) is 6.11.